The van der Waals surface area contributed by atoms with Gasteiger partial charge in [0, 0.05) is 38.6 Å². The molecule has 0 N–H and O–H groups in total. The second-order valence-corrected chi connectivity index (χ2v) is 12.5. The molecule has 4 heterocycles. The Bertz CT molecular complexity index is 2750. The summed E-state index contributed by atoms with van der Waals surface area (Å²) in [5.74, 6) is 4.02. The minimum absolute atomic E-state index is 0.531. The number of hydrogen-bond acceptors (Lipinski definition) is 7. The molecule has 0 aliphatic carbocycles. The minimum Gasteiger partial charge on any atom is -0.449 e. The van der Waals surface area contributed by atoms with Gasteiger partial charge < -0.3 is 9.47 Å². The molecular weight excluding hydrogens is 643 g/mol. The van der Waals surface area contributed by atoms with Crippen LogP contribution >= 0.6 is 0 Å². The standard InChI is InChI=1S/C45H27N5O2/c1-3-13-30(14-4-1)43-48-44(31-15-5-2-6-16-31)50-45(49-43)32-21-24-39-40(25-32)52-42-27-34(38-23-20-29-12-8-10-18-36(29)47-38)33(26-41(42)51-39)37-22-19-28-11-7-9-17-35(28)46-37/h1-27H. The fourth-order valence-corrected chi connectivity index (χ4v) is 6.56. The molecule has 1 aliphatic heterocycles. The lowest BCUT2D eigenvalue weighted by molar-refractivity contribution is 0.360. The van der Waals surface area contributed by atoms with Crippen LogP contribution in [0.5, 0.6) is 23.0 Å². The predicted octanol–water partition coefficient (Wildman–Crippen LogP) is 11.2. The van der Waals surface area contributed by atoms with Crippen molar-refractivity contribution in [2.45, 2.75) is 0 Å². The third kappa shape index (κ3) is 5.37. The van der Waals surface area contributed by atoms with E-state index in [0.29, 0.717) is 40.5 Å². The highest BCUT2D eigenvalue weighted by atomic mass is 16.6. The van der Waals surface area contributed by atoms with E-state index in [-0.39, 0.29) is 0 Å². The molecule has 0 radical (unpaired) electrons. The van der Waals surface area contributed by atoms with Crippen molar-refractivity contribution in [1.29, 1.82) is 0 Å². The number of fused-ring (bicyclic) bond motifs is 4. The molecule has 6 aromatic carbocycles. The largest absolute Gasteiger partial charge is 0.449 e. The molecule has 10 rings (SSSR count). The maximum Gasteiger partial charge on any atom is 0.170 e. The Morgan fingerprint density at radius 3 is 1.29 bits per heavy atom. The molecule has 7 heteroatoms. The second kappa shape index (κ2) is 12.3. The average molecular weight is 670 g/mol. The van der Waals surface area contributed by atoms with Gasteiger partial charge in [0.1, 0.15) is 0 Å². The molecule has 52 heavy (non-hydrogen) atoms. The summed E-state index contributed by atoms with van der Waals surface area (Å²) in [7, 11) is 0. The van der Waals surface area contributed by atoms with Crippen LogP contribution in [0.4, 0.5) is 0 Å². The highest BCUT2D eigenvalue weighted by molar-refractivity contribution is 5.90. The predicted molar refractivity (Wildman–Crippen MR) is 204 cm³/mol. The van der Waals surface area contributed by atoms with Crippen molar-refractivity contribution in [3.63, 3.8) is 0 Å². The third-order valence-corrected chi connectivity index (χ3v) is 9.17. The zero-order valence-electron chi connectivity index (χ0n) is 27.6. The zero-order chi connectivity index (χ0) is 34.4. The number of nitrogens with zero attached hydrogens (tertiary/aromatic N) is 5. The second-order valence-electron chi connectivity index (χ2n) is 12.5. The molecule has 9 aromatic rings. The Kier molecular flexibility index (Phi) is 6.99. The maximum absolute atomic E-state index is 6.64. The van der Waals surface area contributed by atoms with Crippen LogP contribution in [0.2, 0.25) is 0 Å². The van der Waals surface area contributed by atoms with Crippen molar-refractivity contribution < 1.29 is 9.47 Å². The van der Waals surface area contributed by atoms with E-state index in [1.807, 2.05) is 140 Å². The molecule has 0 bridgehead atoms. The average Bonchev–Trinajstić information content (AvgIpc) is 3.22. The summed E-state index contributed by atoms with van der Waals surface area (Å²) in [5, 5.41) is 2.14. The van der Waals surface area contributed by atoms with Crippen LogP contribution in [0.15, 0.2) is 164 Å². The van der Waals surface area contributed by atoms with Gasteiger partial charge in [-0.3, -0.25) is 0 Å². The van der Waals surface area contributed by atoms with E-state index >= 15 is 0 Å². The molecule has 0 saturated carbocycles. The quantitative estimate of drug-likeness (QED) is 0.180. The molecule has 3 aromatic heterocycles. The SMILES string of the molecule is c1ccc(-c2nc(-c3ccccc3)nc(-c3ccc4c(c3)Oc3cc(-c5ccc6ccccc6n5)c(-c5ccc6ccccc6n5)cc3O4)n2)cc1. The Morgan fingerprint density at radius 1 is 0.308 bits per heavy atom. The smallest absolute Gasteiger partial charge is 0.170 e. The number of rotatable bonds is 5. The number of ether oxygens (including phenoxy) is 2. The summed E-state index contributed by atoms with van der Waals surface area (Å²) in [4.78, 5) is 24.8. The Hall–Kier alpha value is -7.25. The van der Waals surface area contributed by atoms with Crippen LogP contribution in [0.25, 0.3) is 78.5 Å². The molecule has 0 atom stereocenters. The van der Waals surface area contributed by atoms with E-state index in [4.69, 9.17) is 34.4 Å². The van der Waals surface area contributed by atoms with Crippen LogP contribution in [-0.4, -0.2) is 24.9 Å². The fraction of sp³-hybridized carbons (Fsp3) is 0. The lowest BCUT2D eigenvalue weighted by Crippen LogP contribution is -2.03. The molecule has 0 unspecified atom stereocenters. The van der Waals surface area contributed by atoms with E-state index in [9.17, 15) is 0 Å². The molecule has 0 amide bonds. The third-order valence-electron chi connectivity index (χ3n) is 9.17. The Morgan fingerprint density at radius 2 is 0.750 bits per heavy atom. The van der Waals surface area contributed by atoms with E-state index in [0.717, 1.165) is 61.0 Å². The van der Waals surface area contributed by atoms with Gasteiger partial charge >= 0.3 is 0 Å². The first-order valence-corrected chi connectivity index (χ1v) is 17.0. The molecule has 0 spiro atoms. The van der Waals surface area contributed by atoms with Crippen LogP contribution in [0.3, 0.4) is 0 Å². The molecule has 244 valence electrons. The van der Waals surface area contributed by atoms with Crippen LogP contribution in [0, 0.1) is 0 Å². The van der Waals surface area contributed by atoms with Crippen molar-refractivity contribution in [3.8, 4) is 79.7 Å². The van der Waals surface area contributed by atoms with Gasteiger partial charge in [-0.15, -0.1) is 0 Å². The van der Waals surface area contributed by atoms with Crippen LogP contribution in [-0.2, 0) is 0 Å². The maximum atomic E-state index is 6.64. The van der Waals surface area contributed by atoms with E-state index in [2.05, 4.69) is 24.3 Å². The summed E-state index contributed by atoms with van der Waals surface area (Å²) in [5.41, 5.74) is 7.80. The molecule has 7 nitrogen and oxygen atoms in total. The Labute approximate surface area is 298 Å². The highest BCUT2D eigenvalue weighted by Crippen LogP contribution is 2.50. The first kappa shape index (κ1) is 29.6. The topological polar surface area (TPSA) is 82.9 Å². The van der Waals surface area contributed by atoms with Crippen molar-refractivity contribution in [2.75, 3.05) is 0 Å². The summed E-state index contributed by atoms with van der Waals surface area (Å²) in [6, 6.07) is 54.1. The summed E-state index contributed by atoms with van der Waals surface area (Å²) < 4.78 is 13.2. The number of hydrogen-bond donors (Lipinski definition) is 0. The summed E-state index contributed by atoms with van der Waals surface area (Å²) in [6.07, 6.45) is 0. The molecule has 0 saturated heterocycles. The first-order chi connectivity index (χ1) is 25.7. The van der Waals surface area contributed by atoms with Gasteiger partial charge in [0.15, 0.2) is 40.5 Å². The van der Waals surface area contributed by atoms with Crippen molar-refractivity contribution in [1.82, 2.24) is 24.9 Å². The van der Waals surface area contributed by atoms with Gasteiger partial charge in [-0.05, 0) is 54.6 Å². The van der Waals surface area contributed by atoms with E-state index < -0.39 is 0 Å². The number of pyridine rings is 2. The molecule has 0 fully saturated rings. The van der Waals surface area contributed by atoms with Gasteiger partial charge in [-0.1, -0.05) is 109 Å². The van der Waals surface area contributed by atoms with Crippen molar-refractivity contribution in [2.24, 2.45) is 0 Å². The number of aromatic nitrogens is 5. The lowest BCUT2D eigenvalue weighted by Gasteiger charge is -2.23. The lowest BCUT2D eigenvalue weighted by atomic mass is 9.98. The van der Waals surface area contributed by atoms with Gasteiger partial charge in [0.05, 0.1) is 22.4 Å². The Balaban J connectivity index is 1.09. The zero-order valence-corrected chi connectivity index (χ0v) is 27.6. The van der Waals surface area contributed by atoms with E-state index in [1.54, 1.807) is 0 Å². The van der Waals surface area contributed by atoms with Gasteiger partial charge in [-0.2, -0.15) is 0 Å². The normalized spacial score (nSPS) is 11.8. The molecular formula is C45H27N5O2. The number of benzene rings is 6. The van der Waals surface area contributed by atoms with Gasteiger partial charge in [0.2, 0.25) is 0 Å². The van der Waals surface area contributed by atoms with Crippen molar-refractivity contribution in [3.05, 3.63) is 164 Å². The van der Waals surface area contributed by atoms with Crippen molar-refractivity contribution >= 4 is 21.8 Å². The fourth-order valence-electron chi connectivity index (χ4n) is 6.56. The van der Waals surface area contributed by atoms with E-state index in [1.165, 1.54) is 0 Å². The molecule has 1 aliphatic rings. The number of para-hydroxylation sites is 2. The first-order valence-electron chi connectivity index (χ1n) is 17.0. The summed E-state index contributed by atoms with van der Waals surface area (Å²) >= 11 is 0. The minimum atomic E-state index is 0.531. The van der Waals surface area contributed by atoms with Gasteiger partial charge in [-0.25, -0.2) is 24.9 Å². The van der Waals surface area contributed by atoms with Crippen LogP contribution < -0.4 is 9.47 Å². The summed E-state index contributed by atoms with van der Waals surface area (Å²) in [6.45, 7) is 0. The van der Waals surface area contributed by atoms with Crippen LogP contribution in [0.1, 0.15) is 0 Å². The monoisotopic (exact) mass is 669 g/mol. The van der Waals surface area contributed by atoms with Gasteiger partial charge in [0.25, 0.3) is 0 Å². The highest BCUT2D eigenvalue weighted by Gasteiger charge is 2.25.